The predicted octanol–water partition coefficient (Wildman–Crippen LogP) is 4.18. The Hall–Kier alpha value is -2.70. The SMILES string of the molecule is O=c1c(Cl)c(N/N=C/c2ccc(Cl)cc2)cnn1Cc1ccc(F)cc1. The standard InChI is InChI=1S/C18H13Cl2FN4O/c19-14-5-1-12(2-6-14)9-22-24-16-10-23-25(18(26)17(16)20)11-13-3-7-15(21)8-4-13/h1-10,24H,11H2/b22-9+. The number of halogens is 3. The number of rotatable bonds is 5. The van der Waals surface area contributed by atoms with Gasteiger partial charge in [0.05, 0.1) is 19.0 Å². The second-order valence-corrected chi connectivity index (χ2v) is 6.20. The van der Waals surface area contributed by atoms with E-state index in [0.717, 1.165) is 11.1 Å². The lowest BCUT2D eigenvalue weighted by Crippen LogP contribution is -2.24. The molecule has 0 radical (unpaired) electrons. The zero-order chi connectivity index (χ0) is 18.5. The monoisotopic (exact) mass is 390 g/mol. The minimum Gasteiger partial charge on any atom is -0.275 e. The molecular formula is C18H13Cl2FN4O. The largest absolute Gasteiger partial charge is 0.288 e. The molecule has 0 fully saturated rings. The van der Waals surface area contributed by atoms with E-state index in [4.69, 9.17) is 23.2 Å². The lowest BCUT2D eigenvalue weighted by Gasteiger charge is -2.08. The summed E-state index contributed by atoms with van der Waals surface area (Å²) in [7, 11) is 0. The van der Waals surface area contributed by atoms with Crippen molar-refractivity contribution in [1.82, 2.24) is 9.78 Å². The Kier molecular flexibility index (Phi) is 5.65. The number of hydrazone groups is 1. The van der Waals surface area contributed by atoms with Gasteiger partial charge in [0.15, 0.2) is 0 Å². The summed E-state index contributed by atoms with van der Waals surface area (Å²) in [5.41, 5.74) is 4.08. The minimum atomic E-state index is -0.470. The molecule has 26 heavy (non-hydrogen) atoms. The molecule has 0 saturated heterocycles. The number of benzene rings is 2. The first kappa shape index (κ1) is 18.1. The van der Waals surface area contributed by atoms with Gasteiger partial charge in [-0.2, -0.15) is 10.2 Å². The van der Waals surface area contributed by atoms with E-state index in [-0.39, 0.29) is 23.1 Å². The van der Waals surface area contributed by atoms with Crippen LogP contribution in [0.5, 0.6) is 0 Å². The highest BCUT2D eigenvalue weighted by Crippen LogP contribution is 2.16. The summed E-state index contributed by atoms with van der Waals surface area (Å²) < 4.78 is 14.1. The lowest BCUT2D eigenvalue weighted by atomic mass is 10.2. The fourth-order valence-electron chi connectivity index (χ4n) is 2.14. The molecule has 0 saturated carbocycles. The molecule has 1 heterocycles. The predicted molar refractivity (Wildman–Crippen MR) is 102 cm³/mol. The van der Waals surface area contributed by atoms with Crippen LogP contribution in [0.2, 0.25) is 10.0 Å². The summed E-state index contributed by atoms with van der Waals surface area (Å²) >= 11 is 11.9. The molecule has 3 aromatic rings. The van der Waals surface area contributed by atoms with Crippen LogP contribution in [0.15, 0.2) is 64.6 Å². The number of nitrogens with zero attached hydrogens (tertiary/aromatic N) is 3. The molecule has 1 aromatic heterocycles. The van der Waals surface area contributed by atoms with Crippen LogP contribution in [0.25, 0.3) is 0 Å². The second kappa shape index (κ2) is 8.12. The van der Waals surface area contributed by atoms with Crippen LogP contribution in [-0.4, -0.2) is 16.0 Å². The Bertz CT molecular complexity index is 986. The topological polar surface area (TPSA) is 59.3 Å². The Morgan fingerprint density at radius 1 is 1.12 bits per heavy atom. The number of nitrogens with one attached hydrogen (secondary N) is 1. The minimum absolute atomic E-state index is 0.0321. The van der Waals surface area contributed by atoms with Gasteiger partial charge in [0, 0.05) is 5.02 Å². The van der Waals surface area contributed by atoms with Crippen LogP contribution in [0.4, 0.5) is 10.1 Å². The van der Waals surface area contributed by atoms with Gasteiger partial charge in [0.1, 0.15) is 16.5 Å². The van der Waals surface area contributed by atoms with Gasteiger partial charge in [-0.05, 0) is 35.4 Å². The van der Waals surface area contributed by atoms with Crippen molar-refractivity contribution in [2.45, 2.75) is 6.54 Å². The van der Waals surface area contributed by atoms with Crippen molar-refractivity contribution in [3.05, 3.63) is 92.1 Å². The third-order valence-corrected chi connectivity index (χ3v) is 4.12. The van der Waals surface area contributed by atoms with Crippen molar-refractivity contribution >= 4 is 35.1 Å². The molecule has 0 amide bonds. The summed E-state index contributed by atoms with van der Waals surface area (Å²) in [6.07, 6.45) is 2.98. The van der Waals surface area contributed by atoms with Crippen molar-refractivity contribution in [2.24, 2.45) is 5.10 Å². The molecule has 0 aliphatic heterocycles. The molecule has 0 bridgehead atoms. The smallest absolute Gasteiger partial charge is 0.275 e. The quantitative estimate of drug-likeness (QED) is 0.524. The van der Waals surface area contributed by atoms with E-state index in [1.54, 1.807) is 42.6 Å². The van der Waals surface area contributed by atoms with Gasteiger partial charge in [-0.3, -0.25) is 10.2 Å². The van der Waals surface area contributed by atoms with Crippen LogP contribution in [0.1, 0.15) is 11.1 Å². The van der Waals surface area contributed by atoms with E-state index in [1.165, 1.54) is 23.0 Å². The van der Waals surface area contributed by atoms with E-state index < -0.39 is 5.56 Å². The van der Waals surface area contributed by atoms with Gasteiger partial charge in [-0.15, -0.1) is 0 Å². The van der Waals surface area contributed by atoms with Crippen LogP contribution in [0, 0.1) is 5.82 Å². The van der Waals surface area contributed by atoms with E-state index in [1.807, 2.05) is 0 Å². The maximum Gasteiger partial charge on any atom is 0.288 e. The number of hydrogen-bond donors (Lipinski definition) is 1. The van der Waals surface area contributed by atoms with Crippen LogP contribution in [-0.2, 0) is 6.54 Å². The van der Waals surface area contributed by atoms with Gasteiger partial charge < -0.3 is 0 Å². The van der Waals surface area contributed by atoms with Crippen molar-refractivity contribution in [1.29, 1.82) is 0 Å². The van der Waals surface area contributed by atoms with E-state index in [2.05, 4.69) is 15.6 Å². The maximum absolute atomic E-state index is 12.9. The van der Waals surface area contributed by atoms with Crippen molar-refractivity contribution in [3.8, 4) is 0 Å². The summed E-state index contributed by atoms with van der Waals surface area (Å²) in [6, 6.07) is 12.9. The van der Waals surface area contributed by atoms with Gasteiger partial charge >= 0.3 is 0 Å². The Labute approximate surface area is 158 Å². The van der Waals surface area contributed by atoms with Crippen molar-refractivity contribution in [2.75, 3.05) is 5.43 Å². The molecule has 3 rings (SSSR count). The van der Waals surface area contributed by atoms with Gasteiger partial charge in [-0.1, -0.05) is 47.5 Å². The Balaban J connectivity index is 1.73. The third kappa shape index (κ3) is 4.47. The fourth-order valence-corrected chi connectivity index (χ4v) is 2.46. The first-order valence-electron chi connectivity index (χ1n) is 7.57. The number of hydrogen-bond acceptors (Lipinski definition) is 4. The first-order chi connectivity index (χ1) is 12.5. The molecule has 8 heteroatoms. The highest BCUT2D eigenvalue weighted by atomic mass is 35.5. The molecule has 2 aromatic carbocycles. The summed E-state index contributed by atoms with van der Waals surface area (Å²) in [5.74, 6) is -0.342. The third-order valence-electron chi connectivity index (χ3n) is 3.50. The Morgan fingerprint density at radius 2 is 1.81 bits per heavy atom. The fraction of sp³-hybridized carbons (Fsp3) is 0.0556. The zero-order valence-electron chi connectivity index (χ0n) is 13.4. The van der Waals surface area contributed by atoms with Crippen LogP contribution in [0.3, 0.4) is 0 Å². The summed E-state index contributed by atoms with van der Waals surface area (Å²) in [5, 5.41) is 8.70. The molecular weight excluding hydrogens is 378 g/mol. The second-order valence-electron chi connectivity index (χ2n) is 5.38. The molecule has 0 aliphatic rings. The summed E-state index contributed by atoms with van der Waals surface area (Å²) in [4.78, 5) is 12.3. The molecule has 5 nitrogen and oxygen atoms in total. The van der Waals surface area contributed by atoms with E-state index in [9.17, 15) is 9.18 Å². The van der Waals surface area contributed by atoms with Crippen molar-refractivity contribution in [3.63, 3.8) is 0 Å². The highest BCUT2D eigenvalue weighted by molar-refractivity contribution is 6.33. The number of aromatic nitrogens is 2. The molecule has 1 N–H and O–H groups in total. The van der Waals surface area contributed by atoms with Crippen molar-refractivity contribution < 1.29 is 4.39 Å². The normalized spacial score (nSPS) is 11.0. The zero-order valence-corrected chi connectivity index (χ0v) is 14.9. The Morgan fingerprint density at radius 3 is 2.50 bits per heavy atom. The number of anilines is 1. The lowest BCUT2D eigenvalue weighted by molar-refractivity contribution is 0.619. The van der Waals surface area contributed by atoms with Crippen LogP contribution < -0.4 is 11.0 Å². The summed E-state index contributed by atoms with van der Waals surface area (Å²) in [6.45, 7) is 0.188. The van der Waals surface area contributed by atoms with Gasteiger partial charge in [-0.25, -0.2) is 9.07 Å². The average molecular weight is 391 g/mol. The molecule has 0 atom stereocenters. The maximum atomic E-state index is 12.9. The molecule has 132 valence electrons. The van der Waals surface area contributed by atoms with Gasteiger partial charge in [0.25, 0.3) is 5.56 Å². The highest BCUT2D eigenvalue weighted by Gasteiger charge is 2.09. The molecule has 0 spiro atoms. The first-order valence-corrected chi connectivity index (χ1v) is 8.33. The van der Waals surface area contributed by atoms with E-state index >= 15 is 0 Å². The molecule has 0 unspecified atom stereocenters. The molecule has 0 aliphatic carbocycles. The van der Waals surface area contributed by atoms with E-state index in [0.29, 0.717) is 5.02 Å². The van der Waals surface area contributed by atoms with Crippen LogP contribution >= 0.6 is 23.2 Å². The average Bonchev–Trinajstić information content (AvgIpc) is 2.64. The van der Waals surface area contributed by atoms with Gasteiger partial charge in [0.2, 0.25) is 0 Å².